The number of phosphoric acid groups is 1. The molecule has 22 heavy (non-hydrogen) atoms. The van der Waals surface area contributed by atoms with Gasteiger partial charge in [-0.25, -0.2) is 0 Å². The molecule has 0 atom stereocenters. The second-order valence-electron chi connectivity index (χ2n) is 4.84. The van der Waals surface area contributed by atoms with Crippen molar-refractivity contribution < 1.29 is 23.7 Å². The third-order valence-corrected chi connectivity index (χ3v) is 2.91. The van der Waals surface area contributed by atoms with Crippen LogP contribution in [0.5, 0.6) is 0 Å². The second kappa shape index (κ2) is 13.7. The highest BCUT2D eigenvalue weighted by Crippen LogP contribution is 2.19. The van der Waals surface area contributed by atoms with E-state index in [1.807, 2.05) is 0 Å². The van der Waals surface area contributed by atoms with Crippen LogP contribution < -0.4 is 4.89 Å². The first kappa shape index (κ1) is 23.3. The molecule has 0 rings (SSSR count). The van der Waals surface area contributed by atoms with Crippen molar-refractivity contribution in [3.05, 3.63) is 48.6 Å². The molecule has 128 valence electrons. The molecule has 0 radical (unpaired) electrons. The summed E-state index contributed by atoms with van der Waals surface area (Å²) >= 11 is 0. The molecule has 0 aliphatic carbocycles. The summed E-state index contributed by atoms with van der Waals surface area (Å²) < 4.78 is 9.84. The van der Waals surface area contributed by atoms with E-state index >= 15 is 0 Å². The highest BCUT2D eigenvalue weighted by atomic mass is 31.2. The lowest BCUT2D eigenvalue weighted by Gasteiger charge is -2.35. The molecule has 2 N–H and O–H groups in total. The minimum absolute atomic E-state index is 1.07. The van der Waals surface area contributed by atoms with E-state index in [4.69, 9.17) is 19.2 Å². The Kier molecular flexibility index (Phi) is 14.5. The largest absolute Gasteiger partial charge is 0.756 e. The predicted molar refractivity (Wildman–Crippen MR) is 91.0 cm³/mol. The van der Waals surface area contributed by atoms with Gasteiger partial charge in [0, 0.05) is 0 Å². The van der Waals surface area contributed by atoms with Crippen LogP contribution in [-0.4, -0.2) is 40.4 Å². The van der Waals surface area contributed by atoms with Crippen LogP contribution in [0, 0.1) is 0 Å². The zero-order valence-electron chi connectivity index (χ0n) is 14.1. The van der Waals surface area contributed by atoms with Gasteiger partial charge in [0.05, 0.1) is 26.2 Å². The minimum Gasteiger partial charge on any atom is -0.756 e. The molecule has 0 saturated carbocycles. The molecule has 0 spiro atoms. The van der Waals surface area contributed by atoms with Crippen LogP contribution in [0.3, 0.4) is 0 Å². The molecule has 0 aromatic heterocycles. The lowest BCUT2D eigenvalue weighted by Crippen LogP contribution is -2.48. The maximum atomic E-state index is 8.77. The summed E-state index contributed by atoms with van der Waals surface area (Å²) in [6.07, 6.45) is 17.7. The molecule has 0 aliphatic heterocycles. The van der Waals surface area contributed by atoms with Crippen LogP contribution in [0.25, 0.3) is 0 Å². The first-order valence-corrected chi connectivity index (χ1v) is 8.84. The van der Waals surface area contributed by atoms with E-state index < -0.39 is 7.82 Å². The van der Waals surface area contributed by atoms with Crippen molar-refractivity contribution in [2.45, 2.75) is 27.7 Å². The minimum atomic E-state index is -4.89. The van der Waals surface area contributed by atoms with Gasteiger partial charge >= 0.3 is 0 Å². The fourth-order valence-electron chi connectivity index (χ4n) is 1.76. The van der Waals surface area contributed by atoms with Gasteiger partial charge in [-0.3, -0.25) is 4.57 Å². The molecule has 0 bridgehead atoms. The van der Waals surface area contributed by atoms with E-state index in [-0.39, 0.29) is 0 Å². The lowest BCUT2D eigenvalue weighted by atomic mass is 10.2. The lowest BCUT2D eigenvalue weighted by molar-refractivity contribution is -0.906. The zero-order valence-corrected chi connectivity index (χ0v) is 14.9. The maximum Gasteiger partial charge on any atom is 0.262 e. The van der Waals surface area contributed by atoms with Crippen molar-refractivity contribution in [3.63, 3.8) is 0 Å². The van der Waals surface area contributed by atoms with Gasteiger partial charge in [0.2, 0.25) is 0 Å². The molecule has 5 nitrogen and oxygen atoms in total. The van der Waals surface area contributed by atoms with E-state index in [0.29, 0.717) is 0 Å². The summed E-state index contributed by atoms with van der Waals surface area (Å²) in [4.78, 5) is 22.9. The Morgan fingerprint density at radius 1 is 0.773 bits per heavy atom. The van der Waals surface area contributed by atoms with Gasteiger partial charge in [-0.1, -0.05) is 24.3 Å². The van der Waals surface area contributed by atoms with Crippen molar-refractivity contribution in [1.82, 2.24) is 0 Å². The van der Waals surface area contributed by atoms with Gasteiger partial charge in [-0.05, 0) is 52.0 Å². The quantitative estimate of drug-likeness (QED) is 0.407. The average molecular weight is 331 g/mol. The Balaban J connectivity index is 0. The van der Waals surface area contributed by atoms with Crippen LogP contribution in [0.15, 0.2) is 48.6 Å². The van der Waals surface area contributed by atoms with E-state index in [1.165, 1.54) is 0 Å². The van der Waals surface area contributed by atoms with Crippen molar-refractivity contribution in [2.24, 2.45) is 0 Å². The van der Waals surface area contributed by atoms with Gasteiger partial charge in [0.15, 0.2) is 0 Å². The number of hydrogen-bond acceptors (Lipinski definition) is 2. The zero-order chi connectivity index (χ0) is 17.5. The monoisotopic (exact) mass is 331 g/mol. The van der Waals surface area contributed by atoms with Crippen molar-refractivity contribution in [2.75, 3.05) is 26.2 Å². The van der Waals surface area contributed by atoms with Crippen molar-refractivity contribution in [1.29, 1.82) is 0 Å². The van der Waals surface area contributed by atoms with Crippen LogP contribution in [0.2, 0.25) is 0 Å². The summed E-state index contributed by atoms with van der Waals surface area (Å²) in [7, 11) is -4.89. The standard InChI is InChI=1S/C16H28N.H3O4P/c1-5-9-13-17(14-10-6-2,15-11-7-3)16-12-8-4;1-5(2,3)4/h5-12H,13-16H2,1-4H3;(H3,1,2,3,4)/q+1;/p-1. The van der Waals surface area contributed by atoms with Crippen LogP contribution >= 0.6 is 7.82 Å². The van der Waals surface area contributed by atoms with Crippen LogP contribution in [0.1, 0.15) is 27.7 Å². The molecule has 0 aromatic rings. The molecular weight excluding hydrogens is 301 g/mol. The predicted octanol–water partition coefficient (Wildman–Crippen LogP) is 2.55. The summed E-state index contributed by atoms with van der Waals surface area (Å²) in [6.45, 7) is 12.7. The van der Waals surface area contributed by atoms with Gasteiger partial charge in [0.25, 0.3) is 7.82 Å². The highest BCUT2D eigenvalue weighted by Gasteiger charge is 2.21. The van der Waals surface area contributed by atoms with Gasteiger partial charge in [-0.15, -0.1) is 0 Å². The van der Waals surface area contributed by atoms with Crippen molar-refractivity contribution in [3.8, 4) is 0 Å². The normalized spacial score (nSPS) is 15.6. The summed E-state index contributed by atoms with van der Waals surface area (Å²) in [6, 6.07) is 0. The van der Waals surface area contributed by atoms with E-state index in [9.17, 15) is 0 Å². The van der Waals surface area contributed by atoms with E-state index in [2.05, 4.69) is 76.3 Å². The Labute approximate surface area is 134 Å². The Bertz CT molecular complexity index is 352. The molecule has 0 heterocycles. The number of nitrogens with zero attached hydrogens (tertiary/aromatic N) is 1. The van der Waals surface area contributed by atoms with Gasteiger partial charge in [0.1, 0.15) is 0 Å². The fourth-order valence-corrected chi connectivity index (χ4v) is 1.76. The third kappa shape index (κ3) is 17.1. The van der Waals surface area contributed by atoms with Crippen LogP contribution in [-0.2, 0) is 4.57 Å². The second-order valence-corrected chi connectivity index (χ2v) is 5.82. The third-order valence-electron chi connectivity index (χ3n) is 2.91. The first-order chi connectivity index (χ1) is 10.2. The van der Waals surface area contributed by atoms with Crippen LogP contribution in [0.4, 0.5) is 0 Å². The molecule has 0 unspecified atom stereocenters. The van der Waals surface area contributed by atoms with Gasteiger partial charge < -0.3 is 19.2 Å². The Morgan fingerprint density at radius 2 is 0.955 bits per heavy atom. The highest BCUT2D eigenvalue weighted by molar-refractivity contribution is 7.43. The Morgan fingerprint density at radius 3 is 1.09 bits per heavy atom. The molecular formula is C16H30NO4P. The summed E-state index contributed by atoms with van der Waals surface area (Å²) in [5.41, 5.74) is 0. The average Bonchev–Trinajstić information content (AvgIpc) is 2.44. The fraction of sp³-hybridized carbons (Fsp3) is 0.500. The topological polar surface area (TPSA) is 80.6 Å². The number of allylic oxidation sites excluding steroid dienone is 4. The molecule has 6 heteroatoms. The summed E-state index contributed by atoms with van der Waals surface area (Å²) in [5.74, 6) is 0. The SMILES string of the molecule is CC=CC[N+](CC=CC)(CC=CC)CC=CC.O=P([O-])(O)O. The molecule has 0 fully saturated rings. The van der Waals surface area contributed by atoms with E-state index in [0.717, 1.165) is 30.7 Å². The molecule has 0 aliphatic rings. The number of quaternary nitrogens is 1. The maximum absolute atomic E-state index is 8.77. The molecule has 0 saturated heterocycles. The Hall–Kier alpha value is -0.970. The molecule has 0 amide bonds. The number of rotatable bonds is 8. The molecule has 0 aromatic carbocycles. The summed E-state index contributed by atoms with van der Waals surface area (Å²) in [5, 5.41) is 0. The van der Waals surface area contributed by atoms with Crippen molar-refractivity contribution >= 4 is 7.82 Å². The smallest absolute Gasteiger partial charge is 0.262 e. The van der Waals surface area contributed by atoms with E-state index in [1.54, 1.807) is 0 Å². The number of hydrogen-bond donors (Lipinski definition) is 2. The van der Waals surface area contributed by atoms with Gasteiger partial charge in [-0.2, -0.15) is 0 Å². The first-order valence-electron chi connectivity index (χ1n) is 7.31.